The summed E-state index contributed by atoms with van der Waals surface area (Å²) < 4.78 is 12.9. The van der Waals surface area contributed by atoms with Crippen molar-refractivity contribution in [3.8, 4) is 11.4 Å². The molecule has 2 atom stereocenters. The van der Waals surface area contributed by atoms with Crippen LogP contribution in [0.15, 0.2) is 21.9 Å². The first kappa shape index (κ1) is 17.0. The minimum Gasteiger partial charge on any atom is -0.469 e. The molecule has 0 radical (unpaired) electrons. The SMILES string of the molecule is Cc1occc1-c1nnc(SCC(=O)N2CC(C)OC(C)C2)n1C. The molecule has 3 heterocycles. The maximum Gasteiger partial charge on any atom is 0.233 e. The van der Waals surface area contributed by atoms with Crippen LogP contribution >= 0.6 is 11.8 Å². The predicted molar refractivity (Wildman–Crippen MR) is 90.8 cm³/mol. The number of carbonyl (C=O) groups is 1. The van der Waals surface area contributed by atoms with Gasteiger partial charge in [-0.25, -0.2) is 0 Å². The van der Waals surface area contributed by atoms with Gasteiger partial charge in [-0.15, -0.1) is 10.2 Å². The number of carbonyl (C=O) groups excluding carboxylic acids is 1. The van der Waals surface area contributed by atoms with E-state index in [4.69, 9.17) is 9.15 Å². The van der Waals surface area contributed by atoms with E-state index in [-0.39, 0.29) is 18.1 Å². The molecular formula is C16H22N4O3S. The van der Waals surface area contributed by atoms with Crippen LogP contribution in [-0.2, 0) is 16.6 Å². The Labute approximate surface area is 145 Å². The fourth-order valence-corrected chi connectivity index (χ4v) is 3.71. The number of aryl methyl sites for hydroxylation is 1. The summed E-state index contributed by atoms with van der Waals surface area (Å²) in [5.74, 6) is 1.99. The molecule has 1 saturated heterocycles. The van der Waals surface area contributed by atoms with Crippen LogP contribution in [-0.4, -0.2) is 56.6 Å². The van der Waals surface area contributed by atoms with Crippen LogP contribution in [0.3, 0.4) is 0 Å². The third kappa shape index (κ3) is 3.49. The molecule has 8 heteroatoms. The standard InChI is InChI=1S/C16H22N4O3S/c1-10-7-20(8-11(2)23-10)14(21)9-24-16-18-17-15(19(16)4)13-5-6-22-12(13)3/h5-6,10-11H,7-9H2,1-4H3. The summed E-state index contributed by atoms with van der Waals surface area (Å²) in [5, 5.41) is 9.14. The number of thioether (sulfide) groups is 1. The number of rotatable bonds is 4. The van der Waals surface area contributed by atoms with Crippen LogP contribution in [0, 0.1) is 6.92 Å². The fraction of sp³-hybridized carbons (Fsp3) is 0.562. The molecule has 0 saturated carbocycles. The summed E-state index contributed by atoms with van der Waals surface area (Å²) in [6, 6.07) is 1.87. The minimum absolute atomic E-state index is 0.0770. The zero-order chi connectivity index (χ0) is 17.3. The fourth-order valence-electron chi connectivity index (χ4n) is 2.89. The van der Waals surface area contributed by atoms with E-state index in [1.807, 2.05) is 43.4 Å². The maximum absolute atomic E-state index is 12.4. The van der Waals surface area contributed by atoms with Crippen molar-refractivity contribution >= 4 is 17.7 Å². The predicted octanol–water partition coefficient (Wildman–Crippen LogP) is 2.11. The lowest BCUT2D eigenvalue weighted by Crippen LogP contribution is -2.48. The van der Waals surface area contributed by atoms with Crippen molar-refractivity contribution < 1.29 is 13.9 Å². The number of hydrogen-bond donors (Lipinski definition) is 0. The summed E-state index contributed by atoms with van der Waals surface area (Å²) in [7, 11) is 1.90. The molecule has 0 bridgehead atoms. The summed E-state index contributed by atoms with van der Waals surface area (Å²) in [5.41, 5.74) is 0.916. The molecule has 1 aliphatic heterocycles. The van der Waals surface area contributed by atoms with Crippen molar-refractivity contribution in [3.05, 3.63) is 18.1 Å². The van der Waals surface area contributed by atoms with Gasteiger partial charge in [-0.1, -0.05) is 11.8 Å². The third-order valence-electron chi connectivity index (χ3n) is 4.03. The minimum atomic E-state index is 0.0770. The van der Waals surface area contributed by atoms with E-state index in [0.717, 1.165) is 17.1 Å². The Bertz CT molecular complexity index is 717. The lowest BCUT2D eigenvalue weighted by Gasteiger charge is -2.35. The molecule has 1 aliphatic rings. The van der Waals surface area contributed by atoms with Gasteiger partial charge in [0, 0.05) is 20.1 Å². The van der Waals surface area contributed by atoms with E-state index in [1.165, 1.54) is 11.8 Å². The number of morpholine rings is 1. The van der Waals surface area contributed by atoms with Gasteiger partial charge < -0.3 is 18.6 Å². The first-order chi connectivity index (χ1) is 11.5. The van der Waals surface area contributed by atoms with Crippen LogP contribution in [0.4, 0.5) is 0 Å². The highest BCUT2D eigenvalue weighted by Gasteiger charge is 2.26. The summed E-state index contributed by atoms with van der Waals surface area (Å²) in [4.78, 5) is 14.3. The largest absolute Gasteiger partial charge is 0.469 e. The number of aromatic nitrogens is 3. The Morgan fingerprint density at radius 3 is 2.67 bits per heavy atom. The van der Waals surface area contributed by atoms with Crippen molar-refractivity contribution in [2.24, 2.45) is 7.05 Å². The highest BCUT2D eigenvalue weighted by Crippen LogP contribution is 2.26. The summed E-state index contributed by atoms with van der Waals surface area (Å²) in [6.07, 6.45) is 1.79. The molecule has 0 aliphatic carbocycles. The number of nitrogens with zero attached hydrogens (tertiary/aromatic N) is 4. The van der Waals surface area contributed by atoms with E-state index >= 15 is 0 Å². The van der Waals surface area contributed by atoms with Gasteiger partial charge in [0.2, 0.25) is 5.91 Å². The highest BCUT2D eigenvalue weighted by molar-refractivity contribution is 7.99. The van der Waals surface area contributed by atoms with Gasteiger partial charge in [-0.3, -0.25) is 4.79 Å². The van der Waals surface area contributed by atoms with E-state index < -0.39 is 0 Å². The van der Waals surface area contributed by atoms with Crippen LogP contribution < -0.4 is 0 Å². The number of amides is 1. The smallest absolute Gasteiger partial charge is 0.233 e. The van der Waals surface area contributed by atoms with Gasteiger partial charge in [0.1, 0.15) is 5.76 Å². The molecule has 2 unspecified atom stereocenters. The Kier molecular flexibility index (Phi) is 4.96. The average molecular weight is 350 g/mol. The van der Waals surface area contributed by atoms with E-state index in [2.05, 4.69) is 10.2 Å². The van der Waals surface area contributed by atoms with Gasteiger partial charge in [-0.2, -0.15) is 0 Å². The lowest BCUT2D eigenvalue weighted by molar-refractivity contribution is -0.140. The zero-order valence-corrected chi connectivity index (χ0v) is 15.2. The topological polar surface area (TPSA) is 73.4 Å². The van der Waals surface area contributed by atoms with Crippen molar-refractivity contribution in [1.29, 1.82) is 0 Å². The van der Waals surface area contributed by atoms with Crippen molar-refractivity contribution in [1.82, 2.24) is 19.7 Å². The molecule has 1 amide bonds. The van der Waals surface area contributed by atoms with Crippen LogP contribution in [0.2, 0.25) is 0 Å². The molecule has 3 rings (SSSR count). The number of ether oxygens (including phenoxy) is 1. The maximum atomic E-state index is 12.4. The zero-order valence-electron chi connectivity index (χ0n) is 14.4. The molecule has 24 heavy (non-hydrogen) atoms. The van der Waals surface area contributed by atoms with E-state index in [0.29, 0.717) is 24.0 Å². The molecule has 1 fully saturated rings. The van der Waals surface area contributed by atoms with Crippen LogP contribution in [0.1, 0.15) is 19.6 Å². The first-order valence-corrected chi connectivity index (χ1v) is 8.94. The summed E-state index contributed by atoms with van der Waals surface area (Å²) in [6.45, 7) is 7.15. The second kappa shape index (κ2) is 6.98. The molecular weight excluding hydrogens is 328 g/mol. The summed E-state index contributed by atoms with van der Waals surface area (Å²) >= 11 is 1.40. The van der Waals surface area contributed by atoms with Gasteiger partial charge in [0.25, 0.3) is 0 Å². The van der Waals surface area contributed by atoms with Crippen molar-refractivity contribution in [2.75, 3.05) is 18.8 Å². The normalized spacial score (nSPS) is 21.2. The second-order valence-electron chi connectivity index (χ2n) is 6.10. The average Bonchev–Trinajstić information content (AvgIpc) is 3.09. The first-order valence-electron chi connectivity index (χ1n) is 7.95. The second-order valence-corrected chi connectivity index (χ2v) is 7.04. The van der Waals surface area contributed by atoms with Crippen molar-refractivity contribution in [2.45, 2.75) is 38.1 Å². The Hall–Kier alpha value is -1.80. The van der Waals surface area contributed by atoms with Crippen LogP contribution in [0.5, 0.6) is 0 Å². The molecule has 0 aromatic carbocycles. The third-order valence-corrected chi connectivity index (χ3v) is 5.04. The van der Waals surface area contributed by atoms with Crippen LogP contribution in [0.25, 0.3) is 11.4 Å². The Balaban J connectivity index is 1.64. The molecule has 2 aromatic rings. The van der Waals surface area contributed by atoms with Crippen molar-refractivity contribution in [3.63, 3.8) is 0 Å². The number of furan rings is 1. The number of hydrogen-bond acceptors (Lipinski definition) is 6. The monoisotopic (exact) mass is 350 g/mol. The lowest BCUT2D eigenvalue weighted by atomic mass is 10.2. The molecule has 130 valence electrons. The van der Waals surface area contributed by atoms with Gasteiger partial charge >= 0.3 is 0 Å². The molecule has 0 spiro atoms. The molecule has 2 aromatic heterocycles. The van der Waals surface area contributed by atoms with Gasteiger partial charge in [0.05, 0.1) is 29.8 Å². The molecule has 7 nitrogen and oxygen atoms in total. The van der Waals surface area contributed by atoms with Gasteiger partial charge in [0.15, 0.2) is 11.0 Å². The Morgan fingerprint density at radius 2 is 2.04 bits per heavy atom. The van der Waals surface area contributed by atoms with E-state index in [1.54, 1.807) is 6.26 Å². The quantitative estimate of drug-likeness (QED) is 0.787. The highest BCUT2D eigenvalue weighted by atomic mass is 32.2. The Morgan fingerprint density at radius 1 is 1.33 bits per heavy atom. The van der Waals surface area contributed by atoms with Gasteiger partial charge in [-0.05, 0) is 26.8 Å². The van der Waals surface area contributed by atoms with E-state index in [9.17, 15) is 4.79 Å². The molecule has 0 N–H and O–H groups in total.